The van der Waals surface area contributed by atoms with Crippen LogP contribution in [0, 0.1) is 13.8 Å². The fourth-order valence-corrected chi connectivity index (χ4v) is 3.68. The van der Waals surface area contributed by atoms with Gasteiger partial charge in [-0.05, 0) is 37.1 Å². The molecular weight excluding hydrogens is 370 g/mol. The van der Waals surface area contributed by atoms with E-state index in [0.717, 1.165) is 28.8 Å². The maximum atomic E-state index is 12.6. The minimum absolute atomic E-state index is 0.103. The molecule has 6 heteroatoms. The SMILES string of the molecule is COC(=O)Cc1c(C)c2ccc3c(c2oc1=O)CN(Cc1ccc(C)cc1)CO3. The van der Waals surface area contributed by atoms with Crippen LogP contribution in [0.3, 0.4) is 0 Å². The summed E-state index contributed by atoms with van der Waals surface area (Å²) in [5, 5.41) is 0.808. The minimum atomic E-state index is -0.510. The van der Waals surface area contributed by atoms with E-state index in [1.54, 1.807) is 0 Å². The van der Waals surface area contributed by atoms with Gasteiger partial charge in [0.25, 0.3) is 0 Å². The molecule has 29 heavy (non-hydrogen) atoms. The summed E-state index contributed by atoms with van der Waals surface area (Å²) < 4.78 is 16.3. The van der Waals surface area contributed by atoms with Crippen molar-refractivity contribution in [2.45, 2.75) is 33.4 Å². The Morgan fingerprint density at radius 3 is 2.62 bits per heavy atom. The molecule has 2 aromatic carbocycles. The van der Waals surface area contributed by atoms with Crippen molar-refractivity contribution in [3.8, 4) is 5.75 Å². The molecule has 0 unspecified atom stereocenters. The zero-order valence-corrected chi connectivity index (χ0v) is 16.8. The smallest absolute Gasteiger partial charge is 0.340 e. The Kier molecular flexibility index (Phi) is 5.11. The van der Waals surface area contributed by atoms with Crippen molar-refractivity contribution in [3.05, 3.63) is 74.6 Å². The molecule has 0 fully saturated rings. The van der Waals surface area contributed by atoms with E-state index in [-0.39, 0.29) is 6.42 Å². The van der Waals surface area contributed by atoms with Crippen LogP contribution in [0.25, 0.3) is 11.0 Å². The number of nitrogens with zero attached hydrogens (tertiary/aromatic N) is 1. The van der Waals surface area contributed by atoms with E-state index in [9.17, 15) is 9.59 Å². The first-order chi connectivity index (χ1) is 14.0. The first-order valence-electron chi connectivity index (χ1n) is 9.52. The summed E-state index contributed by atoms with van der Waals surface area (Å²) in [4.78, 5) is 26.4. The molecule has 6 nitrogen and oxygen atoms in total. The van der Waals surface area contributed by atoms with Crippen LogP contribution in [0.4, 0.5) is 0 Å². The summed E-state index contributed by atoms with van der Waals surface area (Å²) in [7, 11) is 1.30. The van der Waals surface area contributed by atoms with Crippen molar-refractivity contribution >= 4 is 16.9 Å². The number of hydrogen-bond donors (Lipinski definition) is 0. The van der Waals surface area contributed by atoms with Gasteiger partial charge >= 0.3 is 11.6 Å². The molecule has 0 N–H and O–H groups in total. The normalized spacial score (nSPS) is 13.8. The lowest BCUT2D eigenvalue weighted by atomic mass is 10.00. The summed E-state index contributed by atoms with van der Waals surface area (Å²) in [6.45, 7) is 5.71. The Hall–Kier alpha value is -3.12. The molecule has 2 heterocycles. The van der Waals surface area contributed by atoms with Crippen molar-refractivity contribution in [1.82, 2.24) is 4.90 Å². The standard InChI is InChI=1S/C23H23NO5/c1-14-4-6-16(7-5-14)11-24-12-19-20(28-13-24)9-8-17-15(2)18(10-21(25)27-3)23(26)29-22(17)19/h4-9H,10-13H2,1-3H3. The molecule has 0 spiro atoms. The van der Waals surface area contributed by atoms with Crippen LogP contribution < -0.4 is 10.4 Å². The summed E-state index contributed by atoms with van der Waals surface area (Å²) in [5.41, 5.74) is 4.35. The highest BCUT2D eigenvalue weighted by atomic mass is 16.5. The third kappa shape index (κ3) is 3.76. The van der Waals surface area contributed by atoms with E-state index >= 15 is 0 Å². The van der Waals surface area contributed by atoms with Gasteiger partial charge in [-0.2, -0.15) is 0 Å². The fraction of sp³-hybridized carbons (Fsp3) is 0.304. The number of methoxy groups -OCH3 is 1. The fourth-order valence-electron chi connectivity index (χ4n) is 3.68. The summed E-state index contributed by atoms with van der Waals surface area (Å²) >= 11 is 0. The zero-order chi connectivity index (χ0) is 20.5. The Balaban J connectivity index is 1.70. The van der Waals surface area contributed by atoms with Crippen molar-refractivity contribution in [1.29, 1.82) is 0 Å². The second-order valence-corrected chi connectivity index (χ2v) is 7.41. The van der Waals surface area contributed by atoms with Crippen LogP contribution in [0.1, 0.15) is 27.8 Å². The van der Waals surface area contributed by atoms with Crippen LogP contribution in [-0.4, -0.2) is 24.7 Å². The molecule has 1 aliphatic heterocycles. The van der Waals surface area contributed by atoms with Crippen LogP contribution in [0.15, 0.2) is 45.6 Å². The molecule has 1 aromatic heterocycles. The number of rotatable bonds is 4. The van der Waals surface area contributed by atoms with Crippen LogP contribution in [-0.2, 0) is 29.0 Å². The highest BCUT2D eigenvalue weighted by Gasteiger charge is 2.24. The molecule has 0 bridgehead atoms. The van der Waals surface area contributed by atoms with Gasteiger partial charge in [-0.15, -0.1) is 0 Å². The molecule has 4 rings (SSSR count). The molecule has 0 aliphatic carbocycles. The number of aryl methyl sites for hydroxylation is 2. The van der Waals surface area contributed by atoms with E-state index in [1.165, 1.54) is 18.2 Å². The number of benzene rings is 2. The van der Waals surface area contributed by atoms with Gasteiger partial charge in [0.15, 0.2) is 0 Å². The maximum Gasteiger partial charge on any atom is 0.340 e. The highest BCUT2D eigenvalue weighted by Crippen LogP contribution is 2.34. The van der Waals surface area contributed by atoms with Gasteiger partial charge < -0.3 is 13.9 Å². The predicted octanol–water partition coefficient (Wildman–Crippen LogP) is 3.48. The number of fused-ring (bicyclic) bond motifs is 3. The van der Waals surface area contributed by atoms with Gasteiger partial charge in [0.2, 0.25) is 0 Å². The van der Waals surface area contributed by atoms with Gasteiger partial charge in [0.05, 0.1) is 24.7 Å². The van der Waals surface area contributed by atoms with E-state index < -0.39 is 11.6 Å². The molecule has 0 amide bonds. The lowest BCUT2D eigenvalue weighted by Crippen LogP contribution is -2.31. The number of carbonyl (C=O) groups excluding carboxylic acids is 1. The molecular formula is C23H23NO5. The van der Waals surface area contributed by atoms with Gasteiger partial charge in [-0.25, -0.2) is 4.79 Å². The van der Waals surface area contributed by atoms with Crippen LogP contribution in [0.2, 0.25) is 0 Å². The topological polar surface area (TPSA) is 69.0 Å². The highest BCUT2D eigenvalue weighted by molar-refractivity contribution is 5.87. The first kappa shape index (κ1) is 19.2. The van der Waals surface area contributed by atoms with Gasteiger partial charge in [-0.1, -0.05) is 29.8 Å². The Morgan fingerprint density at radius 1 is 1.14 bits per heavy atom. The number of carbonyl (C=O) groups is 1. The quantitative estimate of drug-likeness (QED) is 0.499. The Morgan fingerprint density at radius 2 is 1.90 bits per heavy atom. The van der Waals surface area contributed by atoms with E-state index in [1.807, 2.05) is 19.1 Å². The maximum absolute atomic E-state index is 12.6. The average molecular weight is 393 g/mol. The van der Waals surface area contributed by atoms with Crippen molar-refractivity contribution in [2.24, 2.45) is 0 Å². The van der Waals surface area contributed by atoms with Crippen molar-refractivity contribution in [2.75, 3.05) is 13.8 Å². The Labute approximate surface area is 168 Å². The number of ether oxygens (including phenoxy) is 2. The van der Waals surface area contributed by atoms with E-state index in [2.05, 4.69) is 36.1 Å². The molecule has 0 atom stereocenters. The van der Waals surface area contributed by atoms with Gasteiger partial charge in [0, 0.05) is 18.5 Å². The lowest BCUT2D eigenvalue weighted by Gasteiger charge is -2.29. The summed E-state index contributed by atoms with van der Waals surface area (Å²) in [6.07, 6.45) is -0.103. The minimum Gasteiger partial charge on any atom is -0.478 e. The number of hydrogen-bond acceptors (Lipinski definition) is 6. The second-order valence-electron chi connectivity index (χ2n) is 7.41. The zero-order valence-electron chi connectivity index (χ0n) is 16.8. The predicted molar refractivity (Wildman–Crippen MR) is 109 cm³/mol. The second kappa shape index (κ2) is 7.72. The van der Waals surface area contributed by atoms with Gasteiger partial charge in [0.1, 0.15) is 18.1 Å². The summed E-state index contributed by atoms with van der Waals surface area (Å²) in [6, 6.07) is 12.2. The third-order valence-electron chi connectivity index (χ3n) is 5.38. The molecule has 0 radical (unpaired) electrons. The van der Waals surface area contributed by atoms with E-state index in [4.69, 9.17) is 13.9 Å². The molecule has 150 valence electrons. The van der Waals surface area contributed by atoms with Gasteiger partial charge in [-0.3, -0.25) is 9.69 Å². The largest absolute Gasteiger partial charge is 0.478 e. The average Bonchev–Trinajstić information content (AvgIpc) is 2.72. The van der Waals surface area contributed by atoms with E-state index in [0.29, 0.717) is 24.4 Å². The molecule has 0 saturated heterocycles. The van der Waals surface area contributed by atoms with Crippen molar-refractivity contribution in [3.63, 3.8) is 0 Å². The van der Waals surface area contributed by atoms with Crippen LogP contribution >= 0.6 is 0 Å². The third-order valence-corrected chi connectivity index (χ3v) is 5.38. The first-order valence-corrected chi connectivity index (χ1v) is 9.52. The lowest BCUT2D eigenvalue weighted by molar-refractivity contribution is -0.139. The number of esters is 1. The molecule has 1 aliphatic rings. The summed E-state index contributed by atoms with van der Waals surface area (Å²) in [5.74, 6) is 0.256. The Bertz CT molecular complexity index is 1130. The molecule has 0 saturated carbocycles. The monoisotopic (exact) mass is 393 g/mol. The van der Waals surface area contributed by atoms with Crippen LogP contribution in [0.5, 0.6) is 5.75 Å². The van der Waals surface area contributed by atoms with Crippen molar-refractivity contribution < 1.29 is 18.7 Å². The molecule has 3 aromatic rings.